The summed E-state index contributed by atoms with van der Waals surface area (Å²) in [6, 6.07) is 0.692. The first-order valence-corrected chi connectivity index (χ1v) is 6.58. The zero-order valence-corrected chi connectivity index (χ0v) is 9.55. The van der Waals surface area contributed by atoms with Gasteiger partial charge >= 0.3 is 6.03 Å². The first kappa shape index (κ1) is 10.1. The number of thioether (sulfide) groups is 1. The summed E-state index contributed by atoms with van der Waals surface area (Å²) >= 11 is 1.95. The Kier molecular flexibility index (Phi) is 3.21. The van der Waals surface area contributed by atoms with E-state index < -0.39 is 0 Å². The first-order chi connectivity index (χ1) is 6.79. The molecule has 0 aromatic rings. The highest BCUT2D eigenvalue weighted by molar-refractivity contribution is 7.99. The Labute approximate surface area is 89.8 Å². The van der Waals surface area contributed by atoms with E-state index in [9.17, 15) is 4.79 Å². The van der Waals surface area contributed by atoms with Crippen LogP contribution in [0, 0.1) is 0 Å². The van der Waals surface area contributed by atoms with E-state index in [1.807, 2.05) is 21.6 Å². The van der Waals surface area contributed by atoms with Crippen molar-refractivity contribution in [2.75, 3.05) is 31.1 Å². The maximum absolute atomic E-state index is 12.1. The molecule has 0 aromatic carbocycles. The van der Waals surface area contributed by atoms with Gasteiger partial charge in [0.1, 0.15) is 0 Å². The van der Waals surface area contributed by atoms with Gasteiger partial charge in [-0.15, -0.1) is 0 Å². The molecule has 2 fully saturated rings. The molecule has 0 aromatic heterocycles. The van der Waals surface area contributed by atoms with Crippen LogP contribution in [0.5, 0.6) is 0 Å². The minimum absolute atomic E-state index is 0.273. The second-order valence-corrected chi connectivity index (χ2v) is 5.24. The molecule has 2 heterocycles. The van der Waals surface area contributed by atoms with Crippen molar-refractivity contribution in [3.63, 3.8) is 0 Å². The number of carbonyl (C=O) groups is 1. The third kappa shape index (κ3) is 2.00. The van der Waals surface area contributed by atoms with Crippen LogP contribution in [-0.4, -0.2) is 53.0 Å². The second-order valence-electron chi connectivity index (χ2n) is 4.09. The fraction of sp³-hybridized carbons (Fsp3) is 0.900. The van der Waals surface area contributed by atoms with Crippen molar-refractivity contribution in [1.82, 2.24) is 9.80 Å². The lowest BCUT2D eigenvalue weighted by atomic mass is 10.3. The molecule has 0 spiro atoms. The summed E-state index contributed by atoms with van der Waals surface area (Å²) in [4.78, 5) is 16.1. The van der Waals surface area contributed by atoms with Crippen molar-refractivity contribution in [2.45, 2.75) is 25.8 Å². The molecule has 0 N–H and O–H groups in total. The number of likely N-dealkylation sites (tertiary alicyclic amines) is 1. The van der Waals surface area contributed by atoms with Crippen LogP contribution in [0.4, 0.5) is 4.79 Å². The summed E-state index contributed by atoms with van der Waals surface area (Å²) in [5.41, 5.74) is 0. The summed E-state index contributed by atoms with van der Waals surface area (Å²) in [7, 11) is 0. The van der Waals surface area contributed by atoms with Gasteiger partial charge in [-0.05, 0) is 19.8 Å². The summed E-state index contributed by atoms with van der Waals surface area (Å²) in [6.07, 6.45) is 2.37. The van der Waals surface area contributed by atoms with Gasteiger partial charge in [0.05, 0.1) is 0 Å². The van der Waals surface area contributed by atoms with Gasteiger partial charge in [-0.1, -0.05) is 0 Å². The zero-order valence-electron chi connectivity index (χ0n) is 8.74. The Balaban J connectivity index is 1.94. The summed E-state index contributed by atoms with van der Waals surface area (Å²) in [5.74, 6) is 2.20. The number of amides is 2. The number of hydrogen-bond acceptors (Lipinski definition) is 2. The second kappa shape index (κ2) is 4.43. The molecule has 1 unspecified atom stereocenters. The number of hydrogen-bond donors (Lipinski definition) is 0. The monoisotopic (exact) mass is 214 g/mol. The smallest absolute Gasteiger partial charge is 0.320 e. The SMILES string of the molecule is CC1CSCCN1C(=O)N1CCCC1. The predicted octanol–water partition coefficient (Wildman–Crippen LogP) is 1.64. The molecule has 1 atom stereocenters. The number of rotatable bonds is 0. The standard InChI is InChI=1S/C10H18N2OS/c1-9-8-14-7-6-12(9)10(13)11-4-2-3-5-11/h9H,2-8H2,1H3. The van der Waals surface area contributed by atoms with Gasteiger partial charge in [-0.2, -0.15) is 11.8 Å². The van der Waals surface area contributed by atoms with Crippen LogP contribution in [0.1, 0.15) is 19.8 Å². The summed E-state index contributed by atoms with van der Waals surface area (Å²) in [6.45, 7) is 5.02. The average Bonchev–Trinajstić information content (AvgIpc) is 2.70. The highest BCUT2D eigenvalue weighted by atomic mass is 32.2. The van der Waals surface area contributed by atoms with Crippen LogP contribution in [0.25, 0.3) is 0 Å². The molecule has 2 aliphatic rings. The van der Waals surface area contributed by atoms with Crippen molar-refractivity contribution in [3.8, 4) is 0 Å². The fourth-order valence-electron chi connectivity index (χ4n) is 2.10. The molecule has 0 aliphatic carbocycles. The molecular weight excluding hydrogens is 196 g/mol. The number of urea groups is 1. The van der Waals surface area contributed by atoms with Gasteiger partial charge in [-0.25, -0.2) is 4.79 Å². The van der Waals surface area contributed by atoms with Gasteiger partial charge in [-0.3, -0.25) is 0 Å². The van der Waals surface area contributed by atoms with E-state index in [0.29, 0.717) is 6.04 Å². The lowest BCUT2D eigenvalue weighted by Gasteiger charge is -2.35. The molecule has 2 saturated heterocycles. The van der Waals surface area contributed by atoms with E-state index in [2.05, 4.69) is 6.92 Å². The largest absolute Gasteiger partial charge is 0.325 e. The fourth-order valence-corrected chi connectivity index (χ4v) is 3.11. The van der Waals surface area contributed by atoms with Crippen LogP contribution in [0.15, 0.2) is 0 Å². The molecule has 0 radical (unpaired) electrons. The Hall–Kier alpha value is -0.380. The van der Waals surface area contributed by atoms with Crippen molar-refractivity contribution < 1.29 is 4.79 Å². The maximum Gasteiger partial charge on any atom is 0.320 e. The number of carbonyl (C=O) groups excluding carboxylic acids is 1. The van der Waals surface area contributed by atoms with Crippen LogP contribution in [0.3, 0.4) is 0 Å². The normalized spacial score (nSPS) is 28.2. The van der Waals surface area contributed by atoms with E-state index in [-0.39, 0.29) is 6.03 Å². The summed E-state index contributed by atoms with van der Waals surface area (Å²) in [5, 5.41) is 0. The molecule has 14 heavy (non-hydrogen) atoms. The lowest BCUT2D eigenvalue weighted by Crippen LogP contribution is -2.50. The Bertz CT molecular complexity index is 216. The lowest BCUT2D eigenvalue weighted by molar-refractivity contribution is 0.152. The van der Waals surface area contributed by atoms with Crippen LogP contribution >= 0.6 is 11.8 Å². The molecule has 2 aliphatic heterocycles. The zero-order chi connectivity index (χ0) is 9.97. The molecule has 0 saturated carbocycles. The van der Waals surface area contributed by atoms with Gasteiger partial charge < -0.3 is 9.80 Å². The minimum Gasteiger partial charge on any atom is -0.325 e. The van der Waals surface area contributed by atoms with E-state index in [0.717, 1.165) is 31.1 Å². The van der Waals surface area contributed by atoms with Crippen molar-refractivity contribution in [3.05, 3.63) is 0 Å². The van der Waals surface area contributed by atoms with Gasteiger partial charge in [0.15, 0.2) is 0 Å². The number of nitrogens with zero attached hydrogens (tertiary/aromatic N) is 2. The Morgan fingerprint density at radius 1 is 1.29 bits per heavy atom. The van der Waals surface area contributed by atoms with E-state index in [1.54, 1.807) is 0 Å². The summed E-state index contributed by atoms with van der Waals surface area (Å²) < 4.78 is 0. The topological polar surface area (TPSA) is 23.6 Å². The van der Waals surface area contributed by atoms with Crippen molar-refractivity contribution in [1.29, 1.82) is 0 Å². The average molecular weight is 214 g/mol. The molecular formula is C10H18N2OS. The Morgan fingerprint density at radius 2 is 2.00 bits per heavy atom. The van der Waals surface area contributed by atoms with Crippen LogP contribution < -0.4 is 0 Å². The molecule has 3 nitrogen and oxygen atoms in total. The van der Waals surface area contributed by atoms with Crippen molar-refractivity contribution in [2.24, 2.45) is 0 Å². The highest BCUT2D eigenvalue weighted by Crippen LogP contribution is 2.19. The first-order valence-electron chi connectivity index (χ1n) is 5.42. The van der Waals surface area contributed by atoms with Crippen LogP contribution in [-0.2, 0) is 0 Å². The minimum atomic E-state index is 0.273. The predicted molar refractivity (Wildman–Crippen MR) is 59.7 cm³/mol. The van der Waals surface area contributed by atoms with Crippen molar-refractivity contribution >= 4 is 17.8 Å². The van der Waals surface area contributed by atoms with E-state index in [4.69, 9.17) is 0 Å². The molecule has 4 heteroatoms. The third-order valence-electron chi connectivity index (χ3n) is 2.99. The quantitative estimate of drug-likeness (QED) is 0.612. The maximum atomic E-state index is 12.1. The van der Waals surface area contributed by atoms with Gasteiger partial charge in [0, 0.05) is 37.2 Å². The molecule has 80 valence electrons. The highest BCUT2D eigenvalue weighted by Gasteiger charge is 2.28. The van der Waals surface area contributed by atoms with E-state index >= 15 is 0 Å². The molecule has 2 amide bonds. The molecule has 0 bridgehead atoms. The molecule has 2 rings (SSSR count). The van der Waals surface area contributed by atoms with Gasteiger partial charge in [0.25, 0.3) is 0 Å². The Morgan fingerprint density at radius 3 is 2.64 bits per heavy atom. The van der Waals surface area contributed by atoms with E-state index in [1.165, 1.54) is 12.8 Å². The van der Waals surface area contributed by atoms with Crippen LogP contribution in [0.2, 0.25) is 0 Å². The third-order valence-corrected chi connectivity index (χ3v) is 4.18. The van der Waals surface area contributed by atoms with Gasteiger partial charge in [0.2, 0.25) is 0 Å².